The predicted octanol–water partition coefficient (Wildman–Crippen LogP) is 2.49. The number of nitrogens with one attached hydrogen (secondary N) is 1. The lowest BCUT2D eigenvalue weighted by molar-refractivity contribution is -0.105. The standard InChI is InChI=1S/C7H7ClF2N2O/c8-4-1-2-5(11)6(3-4)12-13-7(9)10/h1-3,7,12H,11H2. The second-order valence-corrected chi connectivity index (χ2v) is 2.65. The molecule has 1 aromatic carbocycles. The summed E-state index contributed by atoms with van der Waals surface area (Å²) in [6.45, 7) is -2.90. The van der Waals surface area contributed by atoms with Crippen molar-refractivity contribution < 1.29 is 13.6 Å². The third kappa shape index (κ3) is 3.04. The van der Waals surface area contributed by atoms with Crippen molar-refractivity contribution in [1.82, 2.24) is 0 Å². The van der Waals surface area contributed by atoms with E-state index in [-0.39, 0.29) is 11.4 Å². The van der Waals surface area contributed by atoms with Crippen molar-refractivity contribution in [2.75, 3.05) is 11.2 Å². The van der Waals surface area contributed by atoms with Crippen molar-refractivity contribution in [2.45, 2.75) is 6.61 Å². The zero-order valence-electron chi connectivity index (χ0n) is 6.43. The van der Waals surface area contributed by atoms with Crippen molar-refractivity contribution in [2.24, 2.45) is 0 Å². The van der Waals surface area contributed by atoms with Crippen LogP contribution in [-0.2, 0) is 4.84 Å². The molecule has 0 radical (unpaired) electrons. The highest BCUT2D eigenvalue weighted by Crippen LogP contribution is 2.23. The van der Waals surface area contributed by atoms with Crippen LogP contribution in [-0.4, -0.2) is 6.61 Å². The molecule has 0 amide bonds. The molecule has 0 aliphatic heterocycles. The van der Waals surface area contributed by atoms with Crippen molar-refractivity contribution in [3.8, 4) is 0 Å². The molecule has 1 rings (SSSR count). The van der Waals surface area contributed by atoms with Gasteiger partial charge in [0, 0.05) is 5.02 Å². The fourth-order valence-corrected chi connectivity index (χ4v) is 0.897. The predicted molar refractivity (Wildman–Crippen MR) is 46.6 cm³/mol. The molecule has 0 bridgehead atoms. The Morgan fingerprint density at radius 1 is 1.46 bits per heavy atom. The SMILES string of the molecule is Nc1ccc(Cl)cc1NOC(F)F. The maximum atomic E-state index is 11.6. The first-order valence-electron chi connectivity index (χ1n) is 3.34. The molecule has 3 nitrogen and oxygen atoms in total. The largest absolute Gasteiger partial charge is 0.397 e. The van der Waals surface area contributed by atoms with Gasteiger partial charge in [0.15, 0.2) is 0 Å². The molecule has 0 fully saturated rings. The van der Waals surface area contributed by atoms with Crippen LogP contribution in [0.5, 0.6) is 0 Å². The van der Waals surface area contributed by atoms with E-state index in [1.807, 2.05) is 5.48 Å². The first kappa shape index (κ1) is 10.0. The number of halogens is 3. The van der Waals surface area contributed by atoms with Crippen LogP contribution in [0.3, 0.4) is 0 Å². The first-order valence-corrected chi connectivity index (χ1v) is 3.72. The second kappa shape index (κ2) is 4.25. The van der Waals surface area contributed by atoms with Gasteiger partial charge in [-0.1, -0.05) is 11.6 Å². The molecule has 72 valence electrons. The van der Waals surface area contributed by atoms with Gasteiger partial charge in [0.25, 0.3) is 0 Å². The van der Waals surface area contributed by atoms with E-state index in [2.05, 4.69) is 4.84 Å². The van der Waals surface area contributed by atoms with Crippen LogP contribution in [0.15, 0.2) is 18.2 Å². The summed E-state index contributed by atoms with van der Waals surface area (Å²) in [5.74, 6) is 0. The van der Waals surface area contributed by atoms with Crippen molar-refractivity contribution in [1.29, 1.82) is 0 Å². The Morgan fingerprint density at radius 2 is 2.15 bits per heavy atom. The molecule has 0 atom stereocenters. The van der Waals surface area contributed by atoms with E-state index in [9.17, 15) is 8.78 Å². The van der Waals surface area contributed by atoms with E-state index in [1.165, 1.54) is 12.1 Å². The lowest BCUT2D eigenvalue weighted by Gasteiger charge is -2.08. The Hall–Kier alpha value is -1.07. The zero-order valence-corrected chi connectivity index (χ0v) is 7.18. The molecule has 0 aliphatic carbocycles. The number of rotatable bonds is 3. The van der Waals surface area contributed by atoms with Gasteiger partial charge in [-0.3, -0.25) is 5.48 Å². The van der Waals surface area contributed by atoms with Gasteiger partial charge >= 0.3 is 6.61 Å². The van der Waals surface area contributed by atoms with Gasteiger partial charge < -0.3 is 5.73 Å². The van der Waals surface area contributed by atoms with Crippen molar-refractivity contribution in [3.63, 3.8) is 0 Å². The van der Waals surface area contributed by atoms with Gasteiger partial charge in [-0.05, 0) is 18.2 Å². The molecule has 0 saturated heterocycles. The maximum Gasteiger partial charge on any atom is 0.364 e. The number of hydrogen-bond acceptors (Lipinski definition) is 3. The van der Waals surface area contributed by atoms with Crippen LogP contribution in [0.4, 0.5) is 20.2 Å². The van der Waals surface area contributed by atoms with E-state index in [4.69, 9.17) is 17.3 Å². The summed E-state index contributed by atoms with van der Waals surface area (Å²) >= 11 is 5.59. The minimum absolute atomic E-state index is 0.216. The molecular weight excluding hydrogens is 202 g/mol. The quantitative estimate of drug-likeness (QED) is 0.593. The fourth-order valence-electron chi connectivity index (χ4n) is 0.725. The third-order valence-electron chi connectivity index (χ3n) is 1.27. The number of nitrogens with two attached hydrogens (primary N) is 1. The van der Waals surface area contributed by atoms with Crippen LogP contribution < -0.4 is 11.2 Å². The topological polar surface area (TPSA) is 47.3 Å². The van der Waals surface area contributed by atoms with Crippen LogP contribution in [0.1, 0.15) is 0 Å². The Morgan fingerprint density at radius 3 is 2.77 bits per heavy atom. The van der Waals surface area contributed by atoms with Gasteiger partial charge in [-0.15, -0.1) is 0 Å². The highest BCUT2D eigenvalue weighted by atomic mass is 35.5. The number of nitrogen functional groups attached to an aromatic ring is 1. The highest BCUT2D eigenvalue weighted by molar-refractivity contribution is 6.31. The van der Waals surface area contributed by atoms with Gasteiger partial charge in [0.2, 0.25) is 0 Å². The molecule has 13 heavy (non-hydrogen) atoms. The Balaban J connectivity index is 2.70. The number of anilines is 2. The molecule has 1 aromatic rings. The zero-order chi connectivity index (χ0) is 9.84. The number of hydrogen-bond donors (Lipinski definition) is 2. The van der Waals surface area contributed by atoms with Gasteiger partial charge in [0.05, 0.1) is 11.4 Å². The summed E-state index contributed by atoms with van der Waals surface area (Å²) in [6.07, 6.45) is 0. The molecule has 0 unspecified atom stereocenters. The van der Waals surface area contributed by atoms with Crippen LogP contribution in [0, 0.1) is 0 Å². The Bertz CT molecular complexity index is 296. The maximum absolute atomic E-state index is 11.6. The van der Waals surface area contributed by atoms with Gasteiger partial charge in [-0.25, -0.2) is 4.84 Å². The molecule has 0 saturated carbocycles. The normalized spacial score (nSPS) is 10.5. The molecule has 0 aliphatic rings. The summed E-state index contributed by atoms with van der Waals surface area (Å²) in [5.41, 5.74) is 7.92. The van der Waals surface area contributed by atoms with Gasteiger partial charge in [-0.2, -0.15) is 8.78 Å². The third-order valence-corrected chi connectivity index (χ3v) is 1.51. The summed E-state index contributed by atoms with van der Waals surface area (Å²) in [5, 5.41) is 0.384. The van der Waals surface area contributed by atoms with Crippen molar-refractivity contribution in [3.05, 3.63) is 23.2 Å². The Labute approximate surface area is 78.4 Å². The lowest BCUT2D eigenvalue weighted by atomic mass is 10.3. The number of alkyl halides is 2. The Kier molecular flexibility index (Phi) is 3.27. The summed E-state index contributed by atoms with van der Waals surface area (Å²) in [4.78, 5) is 3.84. The highest BCUT2D eigenvalue weighted by Gasteiger charge is 2.04. The van der Waals surface area contributed by atoms with Crippen LogP contribution in [0.2, 0.25) is 5.02 Å². The lowest BCUT2D eigenvalue weighted by Crippen LogP contribution is -2.08. The van der Waals surface area contributed by atoms with Crippen molar-refractivity contribution >= 4 is 23.0 Å². The summed E-state index contributed by atoms with van der Waals surface area (Å²) in [7, 11) is 0. The fraction of sp³-hybridized carbons (Fsp3) is 0.143. The van der Waals surface area contributed by atoms with E-state index >= 15 is 0 Å². The molecular formula is C7H7ClF2N2O. The second-order valence-electron chi connectivity index (χ2n) is 2.21. The minimum Gasteiger partial charge on any atom is -0.397 e. The average molecular weight is 209 g/mol. The van der Waals surface area contributed by atoms with E-state index < -0.39 is 6.61 Å². The smallest absolute Gasteiger partial charge is 0.364 e. The van der Waals surface area contributed by atoms with Crippen LogP contribution >= 0.6 is 11.6 Å². The molecule has 0 heterocycles. The van der Waals surface area contributed by atoms with Crippen LogP contribution in [0.25, 0.3) is 0 Å². The van der Waals surface area contributed by atoms with E-state index in [0.29, 0.717) is 5.02 Å². The summed E-state index contributed by atoms with van der Waals surface area (Å²) in [6, 6.07) is 4.42. The average Bonchev–Trinajstić information content (AvgIpc) is 2.06. The summed E-state index contributed by atoms with van der Waals surface area (Å²) < 4.78 is 23.2. The molecule has 0 aromatic heterocycles. The molecule has 6 heteroatoms. The monoisotopic (exact) mass is 208 g/mol. The van der Waals surface area contributed by atoms with E-state index in [0.717, 1.165) is 0 Å². The van der Waals surface area contributed by atoms with E-state index in [1.54, 1.807) is 6.07 Å². The molecule has 3 N–H and O–H groups in total. The molecule has 0 spiro atoms. The first-order chi connectivity index (χ1) is 6.09. The minimum atomic E-state index is -2.90. The van der Waals surface area contributed by atoms with Gasteiger partial charge in [0.1, 0.15) is 0 Å². The number of benzene rings is 1.